The molecule has 1 aromatic carbocycles. The van der Waals surface area contributed by atoms with E-state index in [0.29, 0.717) is 0 Å². The first-order chi connectivity index (χ1) is 9.60. The highest BCUT2D eigenvalue weighted by Crippen LogP contribution is 2.33. The van der Waals surface area contributed by atoms with Crippen LogP contribution in [-0.4, -0.2) is 21.2 Å². The van der Waals surface area contributed by atoms with Gasteiger partial charge in [0.05, 0.1) is 17.3 Å². The quantitative estimate of drug-likeness (QED) is 0.907. The number of hydrogen-bond acceptors (Lipinski definition) is 3. The molecular formula is C15H19ClN4O. The minimum absolute atomic E-state index is 0. The zero-order valence-electron chi connectivity index (χ0n) is 11.8. The monoisotopic (exact) mass is 306 g/mol. The van der Waals surface area contributed by atoms with Crippen LogP contribution in [0.5, 0.6) is 0 Å². The number of nitrogens with two attached hydrogens (primary N) is 1. The summed E-state index contributed by atoms with van der Waals surface area (Å²) < 4.78 is 1.80. The molecule has 1 fully saturated rings. The van der Waals surface area contributed by atoms with Crippen LogP contribution in [0.3, 0.4) is 0 Å². The highest BCUT2D eigenvalue weighted by Gasteiger charge is 2.46. The lowest BCUT2D eigenvalue weighted by molar-refractivity contribution is -0.123. The van der Waals surface area contributed by atoms with Gasteiger partial charge in [-0.15, -0.1) is 12.4 Å². The van der Waals surface area contributed by atoms with E-state index in [1.54, 1.807) is 10.9 Å². The van der Waals surface area contributed by atoms with Crippen LogP contribution in [0.15, 0.2) is 42.7 Å². The summed E-state index contributed by atoms with van der Waals surface area (Å²) in [5.41, 5.74) is 7.26. The molecule has 6 heteroatoms. The summed E-state index contributed by atoms with van der Waals surface area (Å²) >= 11 is 0. The predicted molar refractivity (Wildman–Crippen MR) is 83.5 cm³/mol. The second kappa shape index (κ2) is 5.87. The summed E-state index contributed by atoms with van der Waals surface area (Å²) in [5, 5.41) is 7.24. The van der Waals surface area contributed by atoms with Crippen molar-refractivity contribution in [1.29, 1.82) is 0 Å². The van der Waals surface area contributed by atoms with Crippen molar-refractivity contribution in [1.82, 2.24) is 15.1 Å². The van der Waals surface area contributed by atoms with Crippen molar-refractivity contribution in [3.8, 4) is 5.69 Å². The largest absolute Gasteiger partial charge is 0.348 e. The average Bonchev–Trinajstić information content (AvgIpc) is 3.00. The van der Waals surface area contributed by atoms with Gasteiger partial charge in [0, 0.05) is 12.4 Å². The summed E-state index contributed by atoms with van der Waals surface area (Å²) in [7, 11) is 0. The molecule has 0 spiro atoms. The standard InChI is InChI=1S/C15H18N4O.ClH/c1-11(18-14(20)15(16)7-8-15)12-5-2-3-6-13(12)19-10-4-9-17-19;/h2-6,9-11H,7-8,16H2,1H3,(H,18,20);1H. The van der Waals surface area contributed by atoms with Gasteiger partial charge in [0.25, 0.3) is 0 Å². The maximum absolute atomic E-state index is 12.1. The molecule has 1 unspecified atom stereocenters. The topological polar surface area (TPSA) is 72.9 Å². The molecule has 0 radical (unpaired) electrons. The third kappa shape index (κ3) is 3.09. The molecule has 0 saturated heterocycles. The summed E-state index contributed by atoms with van der Waals surface area (Å²) in [6.45, 7) is 1.96. The fourth-order valence-corrected chi connectivity index (χ4v) is 2.25. The van der Waals surface area contributed by atoms with Crippen LogP contribution >= 0.6 is 12.4 Å². The number of hydrogen-bond donors (Lipinski definition) is 2. The molecule has 21 heavy (non-hydrogen) atoms. The van der Waals surface area contributed by atoms with Crippen LogP contribution < -0.4 is 11.1 Å². The van der Waals surface area contributed by atoms with Gasteiger partial charge in [-0.2, -0.15) is 5.10 Å². The summed E-state index contributed by atoms with van der Waals surface area (Å²) in [4.78, 5) is 12.1. The minimum atomic E-state index is -0.644. The SMILES string of the molecule is CC(NC(=O)C1(N)CC1)c1ccccc1-n1cccn1.Cl. The van der Waals surface area contributed by atoms with Crippen LogP contribution in [0.4, 0.5) is 0 Å². The number of halogens is 1. The summed E-state index contributed by atoms with van der Waals surface area (Å²) in [5.74, 6) is -0.0692. The number of amides is 1. The van der Waals surface area contributed by atoms with E-state index in [9.17, 15) is 4.79 Å². The van der Waals surface area contributed by atoms with E-state index in [1.165, 1.54) is 0 Å². The Morgan fingerprint density at radius 3 is 2.71 bits per heavy atom. The Kier molecular flexibility index (Phi) is 4.34. The zero-order chi connectivity index (χ0) is 14.2. The van der Waals surface area contributed by atoms with Crippen molar-refractivity contribution in [3.63, 3.8) is 0 Å². The lowest BCUT2D eigenvalue weighted by atomic mass is 10.1. The predicted octanol–water partition coefficient (Wildman–Crippen LogP) is 1.96. The van der Waals surface area contributed by atoms with Gasteiger partial charge in [-0.25, -0.2) is 4.68 Å². The lowest BCUT2D eigenvalue weighted by Gasteiger charge is -2.20. The van der Waals surface area contributed by atoms with Gasteiger partial charge in [-0.1, -0.05) is 18.2 Å². The number of nitrogens with zero attached hydrogens (tertiary/aromatic N) is 2. The lowest BCUT2D eigenvalue weighted by Crippen LogP contribution is -2.43. The number of para-hydroxylation sites is 1. The Morgan fingerprint density at radius 1 is 1.38 bits per heavy atom. The number of nitrogens with one attached hydrogen (secondary N) is 1. The smallest absolute Gasteiger partial charge is 0.240 e. The molecule has 1 saturated carbocycles. The second-order valence-corrected chi connectivity index (χ2v) is 5.36. The number of carbonyl (C=O) groups is 1. The van der Waals surface area contributed by atoms with E-state index < -0.39 is 5.54 Å². The Morgan fingerprint density at radius 2 is 2.10 bits per heavy atom. The molecule has 1 atom stereocenters. The fourth-order valence-electron chi connectivity index (χ4n) is 2.25. The number of benzene rings is 1. The molecule has 0 bridgehead atoms. The summed E-state index contributed by atoms with van der Waals surface area (Å²) in [6, 6.07) is 9.67. The third-order valence-electron chi connectivity index (χ3n) is 3.74. The first kappa shape index (κ1) is 15.5. The van der Waals surface area contributed by atoms with Crippen LogP contribution in [0, 0.1) is 0 Å². The van der Waals surface area contributed by atoms with E-state index >= 15 is 0 Å². The molecule has 3 N–H and O–H groups in total. The van der Waals surface area contributed by atoms with Crippen molar-refractivity contribution in [2.45, 2.75) is 31.3 Å². The molecule has 0 aliphatic heterocycles. The van der Waals surface area contributed by atoms with Crippen molar-refractivity contribution in [2.24, 2.45) is 5.73 Å². The van der Waals surface area contributed by atoms with Crippen LogP contribution in [-0.2, 0) is 4.79 Å². The molecule has 112 valence electrons. The minimum Gasteiger partial charge on any atom is -0.348 e. The van der Waals surface area contributed by atoms with Gasteiger partial charge in [-0.05, 0) is 37.5 Å². The molecular weight excluding hydrogens is 288 g/mol. The van der Waals surface area contributed by atoms with E-state index in [4.69, 9.17) is 5.73 Å². The van der Waals surface area contributed by atoms with E-state index in [1.807, 2.05) is 43.5 Å². The average molecular weight is 307 g/mol. The van der Waals surface area contributed by atoms with E-state index in [0.717, 1.165) is 24.1 Å². The Balaban J connectivity index is 0.00000161. The van der Waals surface area contributed by atoms with Gasteiger partial charge in [0.2, 0.25) is 5.91 Å². The van der Waals surface area contributed by atoms with Gasteiger partial charge >= 0.3 is 0 Å². The van der Waals surface area contributed by atoms with Gasteiger partial charge in [-0.3, -0.25) is 4.79 Å². The molecule has 3 rings (SSSR count). The van der Waals surface area contributed by atoms with Crippen molar-refractivity contribution in [2.75, 3.05) is 0 Å². The number of carbonyl (C=O) groups excluding carboxylic acids is 1. The van der Waals surface area contributed by atoms with Gasteiger partial charge in [0.1, 0.15) is 0 Å². The van der Waals surface area contributed by atoms with Gasteiger partial charge in [0.15, 0.2) is 0 Å². The third-order valence-corrected chi connectivity index (χ3v) is 3.74. The number of aromatic nitrogens is 2. The number of rotatable bonds is 4. The van der Waals surface area contributed by atoms with Gasteiger partial charge < -0.3 is 11.1 Å². The molecule has 1 aliphatic carbocycles. The first-order valence-corrected chi connectivity index (χ1v) is 6.79. The Hall–Kier alpha value is -1.85. The molecule has 5 nitrogen and oxygen atoms in total. The van der Waals surface area contributed by atoms with Crippen LogP contribution in [0.25, 0.3) is 5.69 Å². The highest BCUT2D eigenvalue weighted by molar-refractivity contribution is 5.89. The van der Waals surface area contributed by atoms with E-state index in [2.05, 4.69) is 10.4 Å². The second-order valence-electron chi connectivity index (χ2n) is 5.36. The first-order valence-electron chi connectivity index (χ1n) is 6.79. The molecule has 1 amide bonds. The maximum atomic E-state index is 12.1. The highest BCUT2D eigenvalue weighted by atomic mass is 35.5. The molecule has 1 heterocycles. The van der Waals surface area contributed by atoms with E-state index in [-0.39, 0.29) is 24.4 Å². The van der Waals surface area contributed by atoms with Crippen LogP contribution in [0.2, 0.25) is 0 Å². The fraction of sp³-hybridized carbons (Fsp3) is 0.333. The summed E-state index contributed by atoms with van der Waals surface area (Å²) in [6.07, 6.45) is 5.16. The molecule has 1 aromatic heterocycles. The van der Waals surface area contributed by atoms with Crippen LogP contribution in [0.1, 0.15) is 31.4 Å². The Labute approximate surface area is 129 Å². The van der Waals surface area contributed by atoms with Crippen molar-refractivity contribution < 1.29 is 4.79 Å². The Bertz CT molecular complexity index is 622. The molecule has 2 aromatic rings. The van der Waals surface area contributed by atoms with Crippen molar-refractivity contribution in [3.05, 3.63) is 48.3 Å². The van der Waals surface area contributed by atoms with Crippen molar-refractivity contribution >= 4 is 18.3 Å². The normalized spacial score (nSPS) is 16.7. The maximum Gasteiger partial charge on any atom is 0.240 e. The molecule has 1 aliphatic rings. The zero-order valence-corrected chi connectivity index (χ0v) is 12.6.